The second kappa shape index (κ2) is 9.27. The maximum Gasteiger partial charge on any atom is 0.253 e. The van der Waals surface area contributed by atoms with Crippen molar-refractivity contribution in [1.82, 2.24) is 9.88 Å². The molecule has 2 fully saturated rings. The van der Waals surface area contributed by atoms with Gasteiger partial charge in [-0.2, -0.15) is 5.26 Å². The number of ether oxygens (including phenoxy) is 2. The Labute approximate surface area is 177 Å². The van der Waals surface area contributed by atoms with Gasteiger partial charge in [-0.3, -0.25) is 9.78 Å². The summed E-state index contributed by atoms with van der Waals surface area (Å²) < 4.78 is 12.1. The molecule has 1 atom stereocenters. The fraction of sp³-hybridized carbons (Fsp3) is 0.458. The number of hydrogen-bond donors (Lipinski definition) is 0. The summed E-state index contributed by atoms with van der Waals surface area (Å²) in [5, 5.41) is 9.07. The van der Waals surface area contributed by atoms with Crippen LogP contribution >= 0.6 is 0 Å². The molecule has 0 aliphatic carbocycles. The first-order chi connectivity index (χ1) is 14.7. The number of pyridine rings is 1. The summed E-state index contributed by atoms with van der Waals surface area (Å²) in [4.78, 5) is 18.7. The van der Waals surface area contributed by atoms with Crippen LogP contribution in [0.1, 0.15) is 48.0 Å². The van der Waals surface area contributed by atoms with Crippen molar-refractivity contribution < 1.29 is 14.3 Å². The van der Waals surface area contributed by atoms with Crippen molar-refractivity contribution >= 4 is 5.91 Å². The average molecular weight is 405 g/mol. The Balaban J connectivity index is 1.28. The van der Waals surface area contributed by atoms with E-state index in [-0.39, 0.29) is 11.5 Å². The molecule has 0 N–H and O–H groups in total. The number of nitriles is 1. The Bertz CT molecular complexity index is 901. The monoisotopic (exact) mass is 405 g/mol. The third-order valence-corrected chi connectivity index (χ3v) is 6.24. The first-order valence-corrected chi connectivity index (χ1v) is 10.6. The summed E-state index contributed by atoms with van der Waals surface area (Å²) in [6, 6.07) is 12.8. The molecule has 30 heavy (non-hydrogen) atoms. The van der Waals surface area contributed by atoms with Gasteiger partial charge in [-0.05, 0) is 68.4 Å². The van der Waals surface area contributed by atoms with E-state index in [4.69, 9.17) is 14.7 Å². The van der Waals surface area contributed by atoms with E-state index < -0.39 is 0 Å². The first-order valence-electron chi connectivity index (χ1n) is 10.6. The van der Waals surface area contributed by atoms with Crippen LogP contribution < -0.4 is 4.74 Å². The highest BCUT2D eigenvalue weighted by Gasteiger charge is 2.41. The van der Waals surface area contributed by atoms with Gasteiger partial charge in [0.05, 0.1) is 23.8 Å². The van der Waals surface area contributed by atoms with Crippen LogP contribution in [-0.4, -0.2) is 47.7 Å². The molecule has 1 aromatic heterocycles. The number of carbonyl (C=O) groups excluding carboxylic acids is 1. The Morgan fingerprint density at radius 1 is 1.27 bits per heavy atom. The molecule has 1 amide bonds. The molecule has 4 rings (SSSR count). The van der Waals surface area contributed by atoms with Gasteiger partial charge < -0.3 is 14.4 Å². The van der Waals surface area contributed by atoms with Crippen molar-refractivity contribution in [2.24, 2.45) is 5.92 Å². The number of rotatable bonds is 5. The molecule has 2 aliphatic rings. The minimum Gasteiger partial charge on any atom is -0.493 e. The van der Waals surface area contributed by atoms with Gasteiger partial charge >= 0.3 is 0 Å². The maximum atomic E-state index is 12.8. The van der Waals surface area contributed by atoms with E-state index in [2.05, 4.69) is 11.1 Å². The number of hydrogen-bond acceptors (Lipinski definition) is 5. The van der Waals surface area contributed by atoms with Crippen molar-refractivity contribution in [2.75, 3.05) is 26.3 Å². The van der Waals surface area contributed by atoms with Gasteiger partial charge in [0.15, 0.2) is 0 Å². The third kappa shape index (κ3) is 4.80. The molecule has 0 radical (unpaired) electrons. The predicted molar refractivity (Wildman–Crippen MR) is 112 cm³/mol. The minimum atomic E-state index is -0.120. The molecule has 0 bridgehead atoms. The smallest absolute Gasteiger partial charge is 0.253 e. The van der Waals surface area contributed by atoms with Gasteiger partial charge in [0.2, 0.25) is 0 Å². The molecule has 6 nitrogen and oxygen atoms in total. The van der Waals surface area contributed by atoms with E-state index in [1.165, 1.54) is 0 Å². The highest BCUT2D eigenvalue weighted by Crippen LogP contribution is 2.39. The normalized spacial score (nSPS) is 20.5. The standard InChI is InChI=1S/C24H27N3O3/c25-18-20-2-1-3-21(16-20)23(28)27-12-8-24(9-13-27)17-19(7-15-30-24)6-14-29-22-4-10-26-11-5-22/h1-5,10-11,16,19H,6-9,12-15,17H2. The lowest BCUT2D eigenvalue weighted by Crippen LogP contribution is -2.50. The van der Waals surface area contributed by atoms with Gasteiger partial charge in [0.25, 0.3) is 5.91 Å². The van der Waals surface area contributed by atoms with Crippen molar-refractivity contribution in [3.63, 3.8) is 0 Å². The fourth-order valence-electron chi connectivity index (χ4n) is 4.52. The first kappa shape index (κ1) is 20.4. The molecule has 1 unspecified atom stereocenters. The predicted octanol–water partition coefficient (Wildman–Crippen LogP) is 3.82. The number of benzene rings is 1. The zero-order valence-electron chi connectivity index (χ0n) is 17.1. The molecule has 1 spiro atoms. The SMILES string of the molecule is N#Cc1cccc(C(=O)N2CCC3(CC2)CC(CCOc2ccncc2)CCO3)c1. The number of nitrogens with zero attached hydrogens (tertiary/aromatic N) is 3. The molecule has 156 valence electrons. The molecule has 0 saturated carbocycles. The second-order valence-corrected chi connectivity index (χ2v) is 8.20. The van der Waals surface area contributed by atoms with Gasteiger partial charge in [-0.1, -0.05) is 6.07 Å². The van der Waals surface area contributed by atoms with Crippen molar-refractivity contribution in [1.29, 1.82) is 5.26 Å². The summed E-state index contributed by atoms with van der Waals surface area (Å²) >= 11 is 0. The highest BCUT2D eigenvalue weighted by molar-refractivity contribution is 5.94. The summed E-state index contributed by atoms with van der Waals surface area (Å²) in [6.45, 7) is 2.86. The topological polar surface area (TPSA) is 75.5 Å². The fourth-order valence-corrected chi connectivity index (χ4v) is 4.52. The van der Waals surface area contributed by atoms with Gasteiger partial charge in [-0.15, -0.1) is 0 Å². The minimum absolute atomic E-state index is 0.0000559. The van der Waals surface area contributed by atoms with E-state index in [9.17, 15) is 4.79 Å². The van der Waals surface area contributed by atoms with Crippen LogP contribution in [0.2, 0.25) is 0 Å². The Hall–Kier alpha value is -2.91. The van der Waals surface area contributed by atoms with Gasteiger partial charge in [0, 0.05) is 37.7 Å². The van der Waals surface area contributed by atoms with Crippen LogP contribution in [0.4, 0.5) is 0 Å². The number of carbonyl (C=O) groups is 1. The zero-order valence-corrected chi connectivity index (χ0v) is 17.1. The molecule has 6 heteroatoms. The van der Waals surface area contributed by atoms with E-state index in [1.54, 1.807) is 36.7 Å². The lowest BCUT2D eigenvalue weighted by atomic mass is 9.78. The van der Waals surface area contributed by atoms with E-state index in [0.29, 0.717) is 36.7 Å². The van der Waals surface area contributed by atoms with E-state index >= 15 is 0 Å². The number of piperidine rings is 1. The third-order valence-electron chi connectivity index (χ3n) is 6.24. The lowest BCUT2D eigenvalue weighted by molar-refractivity contribution is -0.125. The number of amides is 1. The van der Waals surface area contributed by atoms with Crippen LogP contribution in [0.5, 0.6) is 5.75 Å². The summed E-state index contributed by atoms with van der Waals surface area (Å²) in [5.74, 6) is 1.44. The molecule has 2 aliphatic heterocycles. The summed E-state index contributed by atoms with van der Waals surface area (Å²) in [5.41, 5.74) is 0.979. The summed E-state index contributed by atoms with van der Waals surface area (Å²) in [6.07, 6.45) is 8.30. The number of likely N-dealkylation sites (tertiary alicyclic amines) is 1. The van der Waals surface area contributed by atoms with Crippen LogP contribution in [0.3, 0.4) is 0 Å². The number of aromatic nitrogens is 1. The quantitative estimate of drug-likeness (QED) is 0.756. The van der Waals surface area contributed by atoms with E-state index in [1.807, 2.05) is 17.0 Å². The molecule has 2 aromatic rings. The van der Waals surface area contributed by atoms with Gasteiger partial charge in [-0.25, -0.2) is 0 Å². The van der Waals surface area contributed by atoms with Crippen LogP contribution in [0, 0.1) is 17.2 Å². The largest absolute Gasteiger partial charge is 0.493 e. The van der Waals surface area contributed by atoms with Crippen LogP contribution in [-0.2, 0) is 4.74 Å². The molecular formula is C24H27N3O3. The maximum absolute atomic E-state index is 12.8. The van der Waals surface area contributed by atoms with Crippen LogP contribution in [0.25, 0.3) is 0 Å². The van der Waals surface area contributed by atoms with E-state index in [0.717, 1.165) is 44.5 Å². The Morgan fingerprint density at radius 2 is 2.07 bits per heavy atom. The molecule has 3 heterocycles. The lowest BCUT2D eigenvalue weighted by Gasteiger charge is -2.46. The zero-order chi connectivity index (χ0) is 20.8. The van der Waals surface area contributed by atoms with Crippen molar-refractivity contribution in [3.8, 4) is 11.8 Å². The Kier molecular flexibility index (Phi) is 6.29. The molecule has 2 saturated heterocycles. The average Bonchev–Trinajstić information content (AvgIpc) is 2.80. The van der Waals surface area contributed by atoms with Crippen LogP contribution in [0.15, 0.2) is 48.8 Å². The summed E-state index contributed by atoms with van der Waals surface area (Å²) in [7, 11) is 0. The van der Waals surface area contributed by atoms with Crippen molar-refractivity contribution in [3.05, 3.63) is 59.9 Å². The molecular weight excluding hydrogens is 378 g/mol. The second-order valence-electron chi connectivity index (χ2n) is 8.20. The highest BCUT2D eigenvalue weighted by atomic mass is 16.5. The Morgan fingerprint density at radius 3 is 2.83 bits per heavy atom. The molecule has 1 aromatic carbocycles. The van der Waals surface area contributed by atoms with Gasteiger partial charge in [0.1, 0.15) is 5.75 Å². The van der Waals surface area contributed by atoms with Crippen molar-refractivity contribution in [2.45, 2.75) is 37.7 Å².